The molecule has 1 fully saturated rings. The number of carbonyl (C=O) groups excluding carboxylic acids is 2. The maximum Gasteiger partial charge on any atom is 0.336 e. The van der Waals surface area contributed by atoms with Crippen LogP contribution in [0.25, 0.3) is 11.0 Å². The molecule has 1 N–H and O–H groups in total. The number of nitrogens with one attached hydrogen (secondary N) is 1. The lowest BCUT2D eigenvalue weighted by molar-refractivity contribution is -0.131. The highest BCUT2D eigenvalue weighted by atomic mass is 16.4. The van der Waals surface area contributed by atoms with Crippen molar-refractivity contribution in [3.05, 3.63) is 80.7 Å². The average molecular weight is 402 g/mol. The van der Waals surface area contributed by atoms with E-state index in [2.05, 4.69) is 5.32 Å². The number of hydrogen-bond donors (Lipinski definition) is 1. The fraction of sp³-hybridized carbons (Fsp3) is 0.292. The standard InChI is InChI=1S/C24H22N2O4/c1-14-6-8-18(9-7-14)24(2)22(28)26(23(29)25-24)13-17-12-21(27)30-20-11-16-5-3-4-15(16)10-19(17)20/h6-12H,3-5,13H2,1-2H3,(H,25,29)/t24-/m1/s1. The molecule has 2 aromatic carbocycles. The lowest BCUT2D eigenvalue weighted by Gasteiger charge is -2.22. The smallest absolute Gasteiger partial charge is 0.336 e. The van der Waals surface area contributed by atoms with Crippen LogP contribution in [0.2, 0.25) is 0 Å². The first kappa shape index (κ1) is 18.6. The van der Waals surface area contributed by atoms with Gasteiger partial charge in [-0.3, -0.25) is 9.69 Å². The van der Waals surface area contributed by atoms with Gasteiger partial charge in [0.05, 0.1) is 6.54 Å². The fourth-order valence-corrected chi connectivity index (χ4v) is 4.52. The van der Waals surface area contributed by atoms with Gasteiger partial charge in [0.1, 0.15) is 11.1 Å². The fourth-order valence-electron chi connectivity index (χ4n) is 4.52. The second-order valence-corrected chi connectivity index (χ2v) is 8.37. The second kappa shape index (κ2) is 6.55. The first-order valence-electron chi connectivity index (χ1n) is 10.1. The molecule has 1 aliphatic heterocycles. The monoisotopic (exact) mass is 402 g/mol. The summed E-state index contributed by atoms with van der Waals surface area (Å²) < 4.78 is 5.41. The van der Waals surface area contributed by atoms with Crippen LogP contribution in [0.3, 0.4) is 0 Å². The van der Waals surface area contributed by atoms with E-state index in [9.17, 15) is 14.4 Å². The molecule has 5 rings (SSSR count). The summed E-state index contributed by atoms with van der Waals surface area (Å²) >= 11 is 0. The highest BCUT2D eigenvalue weighted by Crippen LogP contribution is 2.32. The molecule has 1 atom stereocenters. The summed E-state index contributed by atoms with van der Waals surface area (Å²) in [5.41, 5.74) is 3.74. The lowest BCUT2D eigenvalue weighted by atomic mass is 9.91. The molecule has 3 amide bonds. The van der Waals surface area contributed by atoms with E-state index in [-0.39, 0.29) is 12.5 Å². The molecule has 6 nitrogen and oxygen atoms in total. The van der Waals surface area contributed by atoms with Gasteiger partial charge < -0.3 is 9.73 Å². The summed E-state index contributed by atoms with van der Waals surface area (Å²) in [4.78, 5) is 39.4. The van der Waals surface area contributed by atoms with Gasteiger partial charge >= 0.3 is 11.7 Å². The summed E-state index contributed by atoms with van der Waals surface area (Å²) in [7, 11) is 0. The van der Waals surface area contributed by atoms with E-state index in [0.717, 1.165) is 35.8 Å². The van der Waals surface area contributed by atoms with Crippen molar-refractivity contribution in [3.8, 4) is 0 Å². The third-order valence-corrected chi connectivity index (χ3v) is 6.27. The number of benzene rings is 2. The Morgan fingerprint density at radius 1 is 1.03 bits per heavy atom. The van der Waals surface area contributed by atoms with Gasteiger partial charge in [-0.2, -0.15) is 0 Å². The number of nitrogens with zero attached hydrogens (tertiary/aromatic N) is 1. The first-order chi connectivity index (χ1) is 14.3. The molecule has 0 saturated carbocycles. The highest BCUT2D eigenvalue weighted by Gasteiger charge is 2.49. The Labute approximate surface area is 173 Å². The minimum Gasteiger partial charge on any atom is -0.423 e. The van der Waals surface area contributed by atoms with Crippen LogP contribution in [0, 0.1) is 6.92 Å². The molecule has 2 heterocycles. The van der Waals surface area contributed by atoms with Gasteiger partial charge in [0.15, 0.2) is 0 Å². The summed E-state index contributed by atoms with van der Waals surface area (Å²) in [5, 5.41) is 3.60. The molecule has 0 bridgehead atoms. The number of urea groups is 1. The maximum absolute atomic E-state index is 13.3. The zero-order valence-electron chi connectivity index (χ0n) is 17.0. The zero-order valence-corrected chi connectivity index (χ0v) is 17.0. The van der Waals surface area contributed by atoms with Gasteiger partial charge in [-0.05, 0) is 67.5 Å². The van der Waals surface area contributed by atoms with E-state index in [1.807, 2.05) is 43.3 Å². The number of rotatable bonds is 3. The first-order valence-corrected chi connectivity index (χ1v) is 10.1. The molecule has 6 heteroatoms. The zero-order chi connectivity index (χ0) is 21.0. The van der Waals surface area contributed by atoms with Crippen molar-refractivity contribution in [2.24, 2.45) is 0 Å². The third kappa shape index (κ3) is 2.83. The van der Waals surface area contributed by atoms with Crippen LogP contribution in [0.5, 0.6) is 0 Å². The van der Waals surface area contributed by atoms with Gasteiger partial charge in [0.25, 0.3) is 5.91 Å². The van der Waals surface area contributed by atoms with Gasteiger partial charge in [-0.25, -0.2) is 9.59 Å². The Hall–Kier alpha value is -3.41. The van der Waals surface area contributed by atoms with E-state index in [0.29, 0.717) is 11.1 Å². The summed E-state index contributed by atoms with van der Waals surface area (Å²) in [6, 6.07) is 12.4. The van der Waals surface area contributed by atoms with Gasteiger partial charge in [0.2, 0.25) is 0 Å². The quantitative estimate of drug-likeness (QED) is 0.537. The van der Waals surface area contributed by atoms with Crippen molar-refractivity contribution < 1.29 is 14.0 Å². The normalized spacial score (nSPS) is 20.7. The van der Waals surface area contributed by atoms with Crippen molar-refractivity contribution in [3.63, 3.8) is 0 Å². The topological polar surface area (TPSA) is 79.6 Å². The Kier molecular flexibility index (Phi) is 4.07. The van der Waals surface area contributed by atoms with Crippen LogP contribution in [0.4, 0.5) is 4.79 Å². The highest BCUT2D eigenvalue weighted by molar-refractivity contribution is 6.07. The molecular formula is C24H22N2O4. The van der Waals surface area contributed by atoms with E-state index in [1.165, 1.54) is 22.1 Å². The van der Waals surface area contributed by atoms with Crippen LogP contribution in [-0.2, 0) is 29.7 Å². The van der Waals surface area contributed by atoms with Crippen molar-refractivity contribution >= 4 is 22.9 Å². The van der Waals surface area contributed by atoms with Crippen molar-refractivity contribution in [2.45, 2.75) is 45.2 Å². The number of hydrogen-bond acceptors (Lipinski definition) is 4. The molecule has 0 unspecified atom stereocenters. The summed E-state index contributed by atoms with van der Waals surface area (Å²) in [6.07, 6.45) is 3.03. The van der Waals surface area contributed by atoms with Crippen molar-refractivity contribution in [1.82, 2.24) is 10.2 Å². The predicted molar refractivity (Wildman–Crippen MR) is 112 cm³/mol. The van der Waals surface area contributed by atoms with Crippen molar-refractivity contribution in [1.29, 1.82) is 0 Å². The van der Waals surface area contributed by atoms with Gasteiger partial charge in [0, 0.05) is 11.5 Å². The lowest BCUT2D eigenvalue weighted by Crippen LogP contribution is -2.40. The molecule has 2 aliphatic rings. The minimum absolute atomic E-state index is 0.0208. The molecule has 3 aromatic rings. The number of amides is 3. The van der Waals surface area contributed by atoms with Crippen LogP contribution in [0.1, 0.15) is 41.2 Å². The molecule has 152 valence electrons. The molecule has 0 radical (unpaired) electrons. The predicted octanol–water partition coefficient (Wildman–Crippen LogP) is 3.56. The minimum atomic E-state index is -1.14. The molecule has 1 aromatic heterocycles. The van der Waals surface area contributed by atoms with Crippen LogP contribution in [-0.4, -0.2) is 16.8 Å². The Morgan fingerprint density at radius 3 is 2.47 bits per heavy atom. The van der Waals surface area contributed by atoms with E-state index < -0.39 is 17.2 Å². The van der Waals surface area contributed by atoms with Crippen LogP contribution < -0.4 is 10.9 Å². The maximum atomic E-state index is 13.3. The van der Waals surface area contributed by atoms with Gasteiger partial charge in [-0.15, -0.1) is 0 Å². The largest absolute Gasteiger partial charge is 0.423 e. The van der Waals surface area contributed by atoms with Crippen LogP contribution >= 0.6 is 0 Å². The van der Waals surface area contributed by atoms with Crippen LogP contribution in [0.15, 0.2) is 51.7 Å². The number of imide groups is 1. The number of fused-ring (bicyclic) bond motifs is 2. The molecular weight excluding hydrogens is 380 g/mol. The van der Waals surface area contributed by atoms with E-state index >= 15 is 0 Å². The molecule has 0 spiro atoms. The summed E-state index contributed by atoms with van der Waals surface area (Å²) in [6.45, 7) is 3.70. The van der Waals surface area contributed by atoms with E-state index in [4.69, 9.17) is 4.42 Å². The Morgan fingerprint density at radius 2 is 1.73 bits per heavy atom. The average Bonchev–Trinajstić information content (AvgIpc) is 3.25. The summed E-state index contributed by atoms with van der Waals surface area (Å²) in [5.74, 6) is -0.334. The number of aryl methyl sites for hydroxylation is 3. The SMILES string of the molecule is Cc1ccc([C@@]2(C)NC(=O)N(Cc3cc(=O)oc4cc5c(cc34)CCC5)C2=O)cc1. The Bertz CT molecular complexity index is 1260. The Balaban J connectivity index is 1.54. The van der Waals surface area contributed by atoms with Crippen molar-refractivity contribution in [2.75, 3.05) is 0 Å². The third-order valence-electron chi connectivity index (χ3n) is 6.27. The number of carbonyl (C=O) groups is 2. The van der Waals surface area contributed by atoms with Gasteiger partial charge in [-0.1, -0.05) is 29.8 Å². The molecule has 1 saturated heterocycles. The molecule has 30 heavy (non-hydrogen) atoms. The van der Waals surface area contributed by atoms with E-state index in [1.54, 1.807) is 6.92 Å². The second-order valence-electron chi connectivity index (χ2n) is 8.37. The molecule has 1 aliphatic carbocycles.